The van der Waals surface area contributed by atoms with E-state index in [2.05, 4.69) is 81.4 Å². The van der Waals surface area contributed by atoms with Gasteiger partial charge in [0.1, 0.15) is 23.7 Å². The summed E-state index contributed by atoms with van der Waals surface area (Å²) in [4.78, 5) is 24.2. The Bertz CT molecular complexity index is 2600. The third kappa shape index (κ3) is 14.5. The highest BCUT2D eigenvalue weighted by atomic mass is 16.3. The van der Waals surface area contributed by atoms with Crippen LogP contribution < -0.4 is 27.4 Å². The minimum absolute atomic E-state index is 0.00939. The number of phenolic OH excluding ortho intramolecular Hbond substituents is 1. The molecule has 7 aromatic rings. The lowest BCUT2D eigenvalue weighted by molar-refractivity contribution is 0.310. The summed E-state index contributed by atoms with van der Waals surface area (Å²) in [5.74, 6) is 20.4. The first-order valence-electron chi connectivity index (χ1n) is 18.4. The molecule has 0 bridgehead atoms. The van der Waals surface area contributed by atoms with Gasteiger partial charge in [0.2, 0.25) is 11.9 Å². The van der Waals surface area contributed by atoms with Crippen LogP contribution in [0.5, 0.6) is 5.75 Å². The van der Waals surface area contributed by atoms with E-state index in [4.69, 9.17) is 21.7 Å². The van der Waals surface area contributed by atoms with Gasteiger partial charge in [-0.15, -0.1) is 0 Å². The molecule has 0 aliphatic rings. The highest BCUT2D eigenvalue weighted by Crippen LogP contribution is 2.21. The molecular weight excluding hydrogens is 755 g/mol. The summed E-state index contributed by atoms with van der Waals surface area (Å²) in [5.41, 5.74) is 16.7. The molecule has 3 aromatic heterocycles. The van der Waals surface area contributed by atoms with E-state index in [1.807, 2.05) is 91.0 Å². The maximum absolute atomic E-state index is 9.34. The lowest BCUT2D eigenvalue weighted by Gasteiger charge is -2.08. The first-order chi connectivity index (χ1) is 29.4. The molecule has 3 heterocycles. The van der Waals surface area contributed by atoms with Gasteiger partial charge in [0.15, 0.2) is 5.82 Å². The fourth-order valence-corrected chi connectivity index (χ4v) is 4.78. The Morgan fingerprint density at radius 3 is 1.40 bits per heavy atom. The van der Waals surface area contributed by atoms with Gasteiger partial charge < -0.3 is 42.7 Å². The van der Waals surface area contributed by atoms with Crippen molar-refractivity contribution in [3.05, 3.63) is 174 Å². The molecule has 0 saturated heterocycles. The van der Waals surface area contributed by atoms with E-state index in [1.54, 1.807) is 42.9 Å². The van der Waals surface area contributed by atoms with E-state index in [1.165, 1.54) is 6.33 Å². The second kappa shape index (κ2) is 23.6. The zero-order valence-corrected chi connectivity index (χ0v) is 32.3. The van der Waals surface area contributed by atoms with E-state index in [9.17, 15) is 5.11 Å². The average molecular weight is 796 g/mol. The van der Waals surface area contributed by atoms with Crippen LogP contribution in [0.4, 0.5) is 35.0 Å². The Labute approximate surface area is 347 Å². The maximum atomic E-state index is 9.34. The molecule has 4 aromatic carbocycles. The summed E-state index contributed by atoms with van der Waals surface area (Å²) in [6, 6.07) is 35.7. The zero-order chi connectivity index (χ0) is 42.2. The van der Waals surface area contributed by atoms with Crippen molar-refractivity contribution in [3.63, 3.8) is 0 Å². The number of aromatic hydroxyl groups is 1. The van der Waals surface area contributed by atoms with Crippen LogP contribution in [0.1, 0.15) is 33.4 Å². The zero-order valence-electron chi connectivity index (χ0n) is 32.3. The second-order valence-electron chi connectivity index (χ2n) is 12.1. The molecule has 0 amide bonds. The number of nitrogen functional groups attached to an aromatic ring is 2. The Morgan fingerprint density at radius 2 is 0.917 bits per heavy atom. The van der Waals surface area contributed by atoms with Crippen LogP contribution >= 0.6 is 0 Å². The summed E-state index contributed by atoms with van der Waals surface area (Å²) < 4.78 is 0. The average Bonchev–Trinajstić information content (AvgIpc) is 3.29. The minimum Gasteiger partial charge on any atom is -0.508 e. The number of aromatic nitrogens is 6. The van der Waals surface area contributed by atoms with Gasteiger partial charge in [-0.05, 0) is 60.7 Å². The van der Waals surface area contributed by atoms with Gasteiger partial charge in [-0.3, -0.25) is 0 Å². The topological polar surface area (TPSA) is 226 Å². The molecule has 0 unspecified atom stereocenters. The standard InChI is InChI=1S/C18H14N4O.C14H14N4O.C14H13N3O/c19-18-20-12-14(7-6-13-4-2-1-3-5-13)17(22-18)21-15-8-10-16(23)11-9-15;15-14-17-10-12(13(18-14)16-8-9-19)7-6-11-4-2-1-3-5-11;18-9-8-16-14-13(10-15-11-17-14)7-6-12-4-2-1-3-5-12/h1-5,8-12,23H,(H3,19,20,21,22);1-5,10,19H,8-9H2,(H3,15,16,17,18);1-5,10-11,18H,8-9H2,(H,15,16,17). The highest BCUT2D eigenvalue weighted by molar-refractivity contribution is 5.65. The molecule has 0 aliphatic carbocycles. The quantitative estimate of drug-likeness (QED) is 0.0745. The molecular formula is C46H41N11O3. The van der Waals surface area contributed by atoms with Crippen molar-refractivity contribution >= 4 is 35.0 Å². The molecule has 0 spiro atoms. The number of aliphatic hydroxyl groups excluding tert-OH is 2. The number of nitrogens with two attached hydrogens (primary N) is 2. The Balaban J connectivity index is 0.000000172. The number of nitrogens with one attached hydrogen (secondary N) is 3. The van der Waals surface area contributed by atoms with E-state index in [-0.39, 0.29) is 30.9 Å². The van der Waals surface area contributed by atoms with E-state index < -0.39 is 0 Å². The van der Waals surface area contributed by atoms with Gasteiger partial charge in [-0.25, -0.2) is 19.9 Å². The number of rotatable bonds is 8. The van der Waals surface area contributed by atoms with Crippen molar-refractivity contribution in [2.24, 2.45) is 0 Å². The summed E-state index contributed by atoms with van der Waals surface area (Å²) in [7, 11) is 0. The van der Waals surface area contributed by atoms with Gasteiger partial charge in [-0.2, -0.15) is 9.97 Å². The molecule has 0 atom stereocenters. The summed E-state index contributed by atoms with van der Waals surface area (Å²) in [5, 5.41) is 36.0. The molecule has 14 heteroatoms. The summed E-state index contributed by atoms with van der Waals surface area (Å²) >= 11 is 0. The highest BCUT2D eigenvalue weighted by Gasteiger charge is 2.06. The SMILES string of the molecule is Nc1ncc(C#Cc2ccccc2)c(NCCO)n1.Nc1ncc(C#Cc2ccccc2)c(Nc2ccc(O)cc2)n1.OCCNc1ncncc1C#Cc1ccccc1. The molecule has 7 rings (SSSR count). The van der Waals surface area contributed by atoms with Crippen LogP contribution in [0.2, 0.25) is 0 Å². The van der Waals surface area contributed by atoms with Gasteiger partial charge in [-0.1, -0.05) is 90.1 Å². The van der Waals surface area contributed by atoms with Crippen LogP contribution in [-0.4, -0.2) is 71.5 Å². The Hall–Kier alpha value is -8.48. The van der Waals surface area contributed by atoms with Crippen LogP contribution in [0.25, 0.3) is 0 Å². The van der Waals surface area contributed by atoms with Crippen molar-refractivity contribution in [2.75, 3.05) is 53.7 Å². The van der Waals surface area contributed by atoms with Crippen molar-refractivity contribution < 1.29 is 15.3 Å². The van der Waals surface area contributed by atoms with Crippen molar-refractivity contribution in [1.82, 2.24) is 29.9 Å². The largest absolute Gasteiger partial charge is 0.508 e. The van der Waals surface area contributed by atoms with Crippen LogP contribution in [-0.2, 0) is 0 Å². The fourth-order valence-electron chi connectivity index (χ4n) is 4.78. The summed E-state index contributed by atoms with van der Waals surface area (Å²) in [6.45, 7) is 0.887. The third-order valence-corrected chi connectivity index (χ3v) is 7.61. The smallest absolute Gasteiger partial charge is 0.222 e. The number of benzene rings is 4. The molecule has 298 valence electrons. The molecule has 0 fully saturated rings. The predicted octanol–water partition coefficient (Wildman–Crippen LogP) is 5.05. The number of hydrogen-bond donors (Lipinski definition) is 8. The fraction of sp³-hybridized carbons (Fsp3) is 0.0870. The van der Waals surface area contributed by atoms with Gasteiger partial charge in [0.05, 0.1) is 42.3 Å². The first-order valence-corrected chi connectivity index (χ1v) is 18.4. The van der Waals surface area contributed by atoms with E-state index >= 15 is 0 Å². The third-order valence-electron chi connectivity index (χ3n) is 7.61. The lowest BCUT2D eigenvalue weighted by atomic mass is 10.2. The van der Waals surface area contributed by atoms with Gasteiger partial charge >= 0.3 is 0 Å². The first kappa shape index (κ1) is 42.7. The molecule has 14 nitrogen and oxygen atoms in total. The number of anilines is 6. The number of nitrogens with zero attached hydrogens (tertiary/aromatic N) is 6. The molecule has 60 heavy (non-hydrogen) atoms. The Kier molecular flexibility index (Phi) is 16.7. The second-order valence-corrected chi connectivity index (χ2v) is 12.1. The van der Waals surface area contributed by atoms with Crippen LogP contribution in [0.15, 0.2) is 140 Å². The van der Waals surface area contributed by atoms with Crippen LogP contribution in [0.3, 0.4) is 0 Å². The van der Waals surface area contributed by atoms with Crippen molar-refractivity contribution in [3.8, 4) is 41.3 Å². The number of phenols is 1. The summed E-state index contributed by atoms with van der Waals surface area (Å²) in [6.07, 6.45) is 6.26. The van der Waals surface area contributed by atoms with Crippen molar-refractivity contribution in [2.45, 2.75) is 0 Å². The lowest BCUT2D eigenvalue weighted by Crippen LogP contribution is -2.10. The van der Waals surface area contributed by atoms with Gasteiger partial charge in [0.25, 0.3) is 0 Å². The van der Waals surface area contributed by atoms with E-state index in [0.29, 0.717) is 41.7 Å². The molecule has 0 radical (unpaired) electrons. The van der Waals surface area contributed by atoms with Gasteiger partial charge in [0, 0.05) is 41.7 Å². The normalized spacial score (nSPS) is 9.57. The molecule has 0 aliphatic heterocycles. The van der Waals surface area contributed by atoms with E-state index in [0.717, 1.165) is 27.9 Å². The number of aliphatic hydroxyl groups is 2. The minimum atomic E-state index is 0.00939. The number of hydrogen-bond acceptors (Lipinski definition) is 14. The van der Waals surface area contributed by atoms with Crippen LogP contribution in [0, 0.1) is 35.5 Å². The molecule has 10 N–H and O–H groups in total. The maximum Gasteiger partial charge on any atom is 0.222 e. The molecule has 0 saturated carbocycles. The Morgan fingerprint density at radius 1 is 0.483 bits per heavy atom. The van der Waals surface area contributed by atoms with Crippen molar-refractivity contribution in [1.29, 1.82) is 0 Å². The predicted molar refractivity (Wildman–Crippen MR) is 235 cm³/mol. The monoisotopic (exact) mass is 795 g/mol.